The summed E-state index contributed by atoms with van der Waals surface area (Å²) in [5.74, 6) is 1.58. The highest BCUT2D eigenvalue weighted by atomic mass is 79.9. The molecule has 4 rings (SSSR count). The number of ether oxygens (including phenoxy) is 1. The summed E-state index contributed by atoms with van der Waals surface area (Å²) in [5.41, 5.74) is 4.79. The third kappa shape index (κ3) is 5.46. The molecule has 168 valence electrons. The molecule has 1 N–H and O–H groups in total. The van der Waals surface area contributed by atoms with Gasteiger partial charge in [0.05, 0.1) is 12.9 Å². The van der Waals surface area contributed by atoms with Crippen LogP contribution in [-0.2, 0) is 4.79 Å². The lowest BCUT2D eigenvalue weighted by Crippen LogP contribution is -2.15. The number of nitrogens with zero attached hydrogens (tertiary/aromatic N) is 3. The second-order valence-electron chi connectivity index (χ2n) is 7.50. The molecule has 0 saturated carbocycles. The van der Waals surface area contributed by atoms with Gasteiger partial charge in [0.2, 0.25) is 5.91 Å². The molecular weight excluding hydrogens is 500 g/mol. The number of rotatable bonds is 7. The Morgan fingerprint density at radius 3 is 2.42 bits per heavy atom. The molecule has 1 amide bonds. The van der Waals surface area contributed by atoms with E-state index in [-0.39, 0.29) is 11.7 Å². The maximum Gasteiger partial charge on any atom is 0.234 e. The van der Waals surface area contributed by atoms with E-state index < -0.39 is 0 Å². The van der Waals surface area contributed by atoms with Crippen molar-refractivity contribution in [1.82, 2.24) is 14.8 Å². The Bertz CT molecular complexity index is 1270. The van der Waals surface area contributed by atoms with Crippen molar-refractivity contribution in [3.63, 3.8) is 0 Å². The Morgan fingerprint density at radius 2 is 1.76 bits per heavy atom. The van der Waals surface area contributed by atoms with Crippen molar-refractivity contribution in [3.05, 3.63) is 82.3 Å². The molecule has 0 aliphatic heterocycles. The van der Waals surface area contributed by atoms with Crippen LogP contribution in [-0.4, -0.2) is 33.5 Å². The lowest BCUT2D eigenvalue weighted by atomic mass is 10.2. The van der Waals surface area contributed by atoms with Crippen molar-refractivity contribution in [1.29, 1.82) is 0 Å². The molecule has 1 aromatic heterocycles. The normalized spacial score (nSPS) is 10.8. The third-order valence-corrected chi connectivity index (χ3v) is 6.49. The van der Waals surface area contributed by atoms with E-state index in [2.05, 4.69) is 31.4 Å². The molecule has 0 fully saturated rings. The minimum atomic E-state index is -0.102. The van der Waals surface area contributed by atoms with Gasteiger partial charge in [-0.25, -0.2) is 0 Å². The number of thioether (sulfide) groups is 1. The van der Waals surface area contributed by atoms with Crippen molar-refractivity contribution in [2.45, 2.75) is 19.0 Å². The van der Waals surface area contributed by atoms with Gasteiger partial charge in [-0.1, -0.05) is 45.4 Å². The van der Waals surface area contributed by atoms with Crippen LogP contribution in [0.15, 0.2) is 76.4 Å². The first-order valence-electron chi connectivity index (χ1n) is 10.3. The van der Waals surface area contributed by atoms with Crippen LogP contribution in [0.25, 0.3) is 17.1 Å². The minimum absolute atomic E-state index is 0.102. The van der Waals surface area contributed by atoms with Crippen molar-refractivity contribution in [2.75, 3.05) is 18.2 Å². The van der Waals surface area contributed by atoms with Gasteiger partial charge in [0.25, 0.3) is 0 Å². The van der Waals surface area contributed by atoms with Crippen LogP contribution in [0, 0.1) is 13.8 Å². The van der Waals surface area contributed by atoms with Gasteiger partial charge in [-0.05, 0) is 74.0 Å². The Labute approximate surface area is 205 Å². The van der Waals surface area contributed by atoms with Gasteiger partial charge in [0, 0.05) is 21.4 Å². The Kier molecular flexibility index (Phi) is 7.15. The molecule has 3 aromatic carbocycles. The average molecular weight is 523 g/mol. The number of methoxy groups -OCH3 is 1. The van der Waals surface area contributed by atoms with Crippen LogP contribution in [0.3, 0.4) is 0 Å². The zero-order valence-electron chi connectivity index (χ0n) is 18.5. The van der Waals surface area contributed by atoms with Crippen LogP contribution >= 0.6 is 27.7 Å². The van der Waals surface area contributed by atoms with E-state index in [0.717, 1.165) is 38.3 Å². The number of carbonyl (C=O) groups is 1. The number of carbonyl (C=O) groups excluding carboxylic acids is 1. The average Bonchev–Trinajstić information content (AvgIpc) is 3.24. The number of nitrogens with one attached hydrogen (secondary N) is 1. The fourth-order valence-electron chi connectivity index (χ4n) is 3.30. The van der Waals surface area contributed by atoms with E-state index in [0.29, 0.717) is 11.0 Å². The van der Waals surface area contributed by atoms with Gasteiger partial charge >= 0.3 is 0 Å². The molecule has 6 nitrogen and oxygen atoms in total. The molecular formula is C25H23BrN4O2S. The molecule has 0 aliphatic rings. The van der Waals surface area contributed by atoms with Crippen LogP contribution in [0.5, 0.6) is 5.75 Å². The first kappa shape index (κ1) is 23.1. The summed E-state index contributed by atoms with van der Waals surface area (Å²) in [6.07, 6.45) is 0. The van der Waals surface area contributed by atoms with Crippen molar-refractivity contribution < 1.29 is 9.53 Å². The fraction of sp³-hybridized carbons (Fsp3) is 0.160. The summed E-state index contributed by atoms with van der Waals surface area (Å²) >= 11 is 4.80. The summed E-state index contributed by atoms with van der Waals surface area (Å²) in [5, 5.41) is 12.5. The monoisotopic (exact) mass is 522 g/mol. The topological polar surface area (TPSA) is 69.0 Å². The van der Waals surface area contributed by atoms with Crippen LogP contribution in [0.4, 0.5) is 5.69 Å². The van der Waals surface area contributed by atoms with E-state index in [4.69, 9.17) is 4.74 Å². The van der Waals surface area contributed by atoms with E-state index in [1.54, 1.807) is 7.11 Å². The molecule has 0 saturated heterocycles. The van der Waals surface area contributed by atoms with Gasteiger partial charge in [-0.2, -0.15) is 0 Å². The second kappa shape index (κ2) is 10.2. The number of amides is 1. The molecule has 0 bridgehead atoms. The predicted molar refractivity (Wildman–Crippen MR) is 136 cm³/mol. The highest BCUT2D eigenvalue weighted by Crippen LogP contribution is 2.29. The number of aryl methyl sites for hydroxylation is 2. The van der Waals surface area contributed by atoms with Crippen molar-refractivity contribution >= 4 is 39.3 Å². The predicted octanol–water partition coefficient (Wildman–Crippen LogP) is 6.05. The van der Waals surface area contributed by atoms with E-state index in [1.807, 2.05) is 85.1 Å². The Balaban J connectivity index is 1.60. The summed E-state index contributed by atoms with van der Waals surface area (Å²) in [4.78, 5) is 12.6. The third-order valence-electron chi connectivity index (χ3n) is 5.07. The smallest absolute Gasteiger partial charge is 0.234 e. The molecule has 0 spiro atoms. The first-order chi connectivity index (χ1) is 15.9. The molecule has 1 heterocycles. The lowest BCUT2D eigenvalue weighted by molar-refractivity contribution is -0.113. The highest BCUT2D eigenvalue weighted by molar-refractivity contribution is 9.10. The zero-order chi connectivity index (χ0) is 23.4. The van der Waals surface area contributed by atoms with Crippen LogP contribution in [0.1, 0.15) is 11.1 Å². The summed E-state index contributed by atoms with van der Waals surface area (Å²) < 4.78 is 8.23. The Morgan fingerprint density at radius 1 is 1.03 bits per heavy atom. The van der Waals surface area contributed by atoms with Crippen LogP contribution in [0.2, 0.25) is 0 Å². The fourth-order valence-corrected chi connectivity index (χ4v) is 4.53. The number of aromatic nitrogens is 3. The molecule has 0 unspecified atom stereocenters. The molecule has 33 heavy (non-hydrogen) atoms. The standard InChI is InChI=1S/C25H23BrN4O2S/c1-16-4-9-20(10-5-16)30-24(18-6-11-21(32-3)12-7-18)28-29-25(30)33-15-23(31)27-22-13-8-19(26)14-17(22)2/h4-14H,15H2,1-3H3,(H,27,31). The largest absolute Gasteiger partial charge is 0.497 e. The van der Waals surface area contributed by atoms with Gasteiger partial charge in [-0.15, -0.1) is 10.2 Å². The van der Waals surface area contributed by atoms with Crippen molar-refractivity contribution in [3.8, 4) is 22.8 Å². The van der Waals surface area contributed by atoms with Gasteiger partial charge < -0.3 is 10.1 Å². The number of halogens is 1. The van der Waals surface area contributed by atoms with Gasteiger partial charge in [-0.3, -0.25) is 9.36 Å². The number of anilines is 1. The second-order valence-corrected chi connectivity index (χ2v) is 9.36. The summed E-state index contributed by atoms with van der Waals surface area (Å²) in [6.45, 7) is 4.01. The molecule has 8 heteroatoms. The Hall–Kier alpha value is -3.10. The SMILES string of the molecule is COc1ccc(-c2nnc(SCC(=O)Nc3ccc(Br)cc3C)n2-c2ccc(C)cc2)cc1. The van der Waals surface area contributed by atoms with E-state index in [1.165, 1.54) is 11.8 Å². The molecule has 4 aromatic rings. The summed E-state index contributed by atoms with van der Waals surface area (Å²) in [6, 6.07) is 21.6. The number of hydrogen-bond donors (Lipinski definition) is 1. The van der Waals surface area contributed by atoms with Gasteiger partial charge in [0.15, 0.2) is 11.0 Å². The highest BCUT2D eigenvalue weighted by Gasteiger charge is 2.18. The first-order valence-corrected chi connectivity index (χ1v) is 12.1. The van der Waals surface area contributed by atoms with E-state index in [9.17, 15) is 4.79 Å². The van der Waals surface area contributed by atoms with Crippen molar-refractivity contribution in [2.24, 2.45) is 0 Å². The quantitative estimate of drug-likeness (QED) is 0.299. The lowest BCUT2D eigenvalue weighted by Gasteiger charge is -2.12. The number of hydrogen-bond acceptors (Lipinski definition) is 5. The summed E-state index contributed by atoms with van der Waals surface area (Å²) in [7, 11) is 1.64. The molecule has 0 aliphatic carbocycles. The maximum atomic E-state index is 12.6. The van der Waals surface area contributed by atoms with E-state index >= 15 is 0 Å². The minimum Gasteiger partial charge on any atom is -0.497 e. The van der Waals surface area contributed by atoms with Crippen LogP contribution < -0.4 is 10.1 Å². The van der Waals surface area contributed by atoms with Gasteiger partial charge in [0.1, 0.15) is 5.75 Å². The maximum absolute atomic E-state index is 12.6. The zero-order valence-corrected chi connectivity index (χ0v) is 20.9. The molecule has 0 atom stereocenters. The number of benzene rings is 3. The molecule has 0 radical (unpaired) electrons.